The number of hydrogen-bond acceptors (Lipinski definition) is 4. The molecule has 5 heteroatoms. The van der Waals surface area contributed by atoms with Gasteiger partial charge in [-0.25, -0.2) is 0 Å². The van der Waals surface area contributed by atoms with Gasteiger partial charge in [0.1, 0.15) is 0 Å². The number of ether oxygens (including phenoxy) is 2. The van der Waals surface area contributed by atoms with E-state index in [1.807, 2.05) is 12.1 Å². The Morgan fingerprint density at radius 2 is 2.21 bits per heavy atom. The summed E-state index contributed by atoms with van der Waals surface area (Å²) < 4.78 is 11.4. The molecule has 1 aromatic rings. The molecule has 1 heterocycles. The molecule has 2 rings (SSSR count). The molecule has 1 aliphatic heterocycles. The summed E-state index contributed by atoms with van der Waals surface area (Å²) in [6.07, 6.45) is 0. The number of fused-ring (bicyclic) bond motifs is 1. The van der Waals surface area contributed by atoms with Crippen LogP contribution in [0, 0.1) is 0 Å². The lowest BCUT2D eigenvalue weighted by Gasteiger charge is -2.10. The lowest BCUT2D eigenvalue weighted by Crippen LogP contribution is -2.20. The Kier molecular flexibility index (Phi) is 2.62. The highest BCUT2D eigenvalue weighted by atomic mass is 79.9. The molecule has 0 spiro atoms. The summed E-state index contributed by atoms with van der Waals surface area (Å²) >= 11 is 3.39. The summed E-state index contributed by atoms with van der Waals surface area (Å²) in [4.78, 5) is 0. The van der Waals surface area contributed by atoms with Crippen LogP contribution in [0.3, 0.4) is 0 Å². The van der Waals surface area contributed by atoms with Gasteiger partial charge >= 0.3 is 0 Å². The average Bonchev–Trinajstić information content (AvgIpc) is 2.64. The van der Waals surface area contributed by atoms with Crippen LogP contribution in [0.2, 0.25) is 0 Å². The van der Waals surface area contributed by atoms with Gasteiger partial charge in [-0.1, -0.05) is 0 Å². The van der Waals surface area contributed by atoms with Crippen molar-refractivity contribution in [1.82, 2.24) is 0 Å². The quantitative estimate of drug-likeness (QED) is 0.835. The molecule has 0 saturated heterocycles. The molecule has 4 nitrogen and oxygen atoms in total. The highest BCUT2D eigenvalue weighted by Crippen LogP contribution is 2.40. The van der Waals surface area contributed by atoms with E-state index in [0.29, 0.717) is 6.54 Å². The minimum Gasteiger partial charge on any atom is -0.454 e. The van der Waals surface area contributed by atoms with Crippen molar-refractivity contribution in [2.24, 2.45) is 11.5 Å². The maximum absolute atomic E-state index is 5.82. The first-order chi connectivity index (χ1) is 6.72. The van der Waals surface area contributed by atoms with E-state index < -0.39 is 0 Å². The molecule has 1 aromatic carbocycles. The largest absolute Gasteiger partial charge is 0.454 e. The molecule has 0 saturated carbocycles. The van der Waals surface area contributed by atoms with Crippen LogP contribution in [0.5, 0.6) is 11.5 Å². The first kappa shape index (κ1) is 9.76. The van der Waals surface area contributed by atoms with Crippen LogP contribution >= 0.6 is 15.9 Å². The van der Waals surface area contributed by atoms with Crippen molar-refractivity contribution in [3.05, 3.63) is 22.2 Å². The summed E-state index contributed by atoms with van der Waals surface area (Å²) in [5, 5.41) is 0. The SMILES string of the molecule is NCC(N)c1cc(Br)c2c(c1)OCO2. The van der Waals surface area contributed by atoms with E-state index in [1.165, 1.54) is 0 Å². The maximum atomic E-state index is 5.82. The van der Waals surface area contributed by atoms with Crippen LogP contribution in [0.25, 0.3) is 0 Å². The molecule has 1 unspecified atom stereocenters. The minimum absolute atomic E-state index is 0.166. The van der Waals surface area contributed by atoms with Crippen molar-refractivity contribution in [1.29, 1.82) is 0 Å². The second kappa shape index (κ2) is 3.76. The van der Waals surface area contributed by atoms with Crippen LogP contribution in [-0.4, -0.2) is 13.3 Å². The maximum Gasteiger partial charge on any atom is 0.231 e. The lowest BCUT2D eigenvalue weighted by atomic mass is 10.1. The van der Waals surface area contributed by atoms with Gasteiger partial charge in [-0.15, -0.1) is 0 Å². The summed E-state index contributed by atoms with van der Waals surface area (Å²) in [7, 11) is 0. The Bertz CT molecular complexity index is 357. The van der Waals surface area contributed by atoms with Crippen LogP contribution in [0.1, 0.15) is 11.6 Å². The van der Waals surface area contributed by atoms with Crippen LogP contribution in [0.15, 0.2) is 16.6 Å². The zero-order valence-electron chi connectivity index (χ0n) is 7.50. The molecule has 0 bridgehead atoms. The van der Waals surface area contributed by atoms with Gasteiger partial charge in [0.05, 0.1) is 4.47 Å². The van der Waals surface area contributed by atoms with Gasteiger partial charge in [0.15, 0.2) is 11.5 Å². The van der Waals surface area contributed by atoms with Crippen LogP contribution < -0.4 is 20.9 Å². The van der Waals surface area contributed by atoms with Gasteiger partial charge in [0.25, 0.3) is 0 Å². The van der Waals surface area contributed by atoms with E-state index in [2.05, 4.69) is 15.9 Å². The molecule has 0 fully saturated rings. The first-order valence-corrected chi connectivity index (χ1v) is 5.06. The molecule has 0 aliphatic carbocycles. The third-order valence-corrected chi connectivity index (χ3v) is 2.72. The third kappa shape index (κ3) is 1.58. The van der Waals surface area contributed by atoms with E-state index in [-0.39, 0.29) is 12.8 Å². The number of hydrogen-bond donors (Lipinski definition) is 2. The van der Waals surface area contributed by atoms with Crippen molar-refractivity contribution >= 4 is 15.9 Å². The minimum atomic E-state index is -0.166. The Labute approximate surface area is 90.3 Å². The van der Waals surface area contributed by atoms with E-state index in [0.717, 1.165) is 21.5 Å². The predicted octanol–water partition coefficient (Wildman–Crippen LogP) is 1.14. The molecule has 0 aromatic heterocycles. The monoisotopic (exact) mass is 258 g/mol. The topological polar surface area (TPSA) is 70.5 Å². The van der Waals surface area contributed by atoms with Gasteiger partial charge in [-0.05, 0) is 33.6 Å². The molecule has 14 heavy (non-hydrogen) atoms. The first-order valence-electron chi connectivity index (χ1n) is 4.27. The normalized spacial score (nSPS) is 15.6. The zero-order chi connectivity index (χ0) is 10.1. The Hall–Kier alpha value is -0.780. The fourth-order valence-corrected chi connectivity index (χ4v) is 1.91. The number of benzene rings is 1. The van der Waals surface area contributed by atoms with Crippen LogP contribution in [-0.2, 0) is 0 Å². The number of nitrogens with two attached hydrogens (primary N) is 2. The second-order valence-corrected chi connectivity index (χ2v) is 3.93. The Morgan fingerprint density at radius 3 is 2.93 bits per heavy atom. The highest BCUT2D eigenvalue weighted by molar-refractivity contribution is 9.10. The summed E-state index contributed by atoms with van der Waals surface area (Å²) in [6.45, 7) is 0.668. The number of halogens is 1. The summed E-state index contributed by atoms with van der Waals surface area (Å²) in [6, 6.07) is 3.61. The van der Waals surface area contributed by atoms with E-state index in [1.54, 1.807) is 0 Å². The average molecular weight is 259 g/mol. The van der Waals surface area contributed by atoms with Crippen molar-refractivity contribution in [2.45, 2.75) is 6.04 Å². The predicted molar refractivity (Wildman–Crippen MR) is 56.2 cm³/mol. The summed E-state index contributed by atoms with van der Waals surface area (Å²) in [5.74, 6) is 1.45. The smallest absolute Gasteiger partial charge is 0.231 e. The van der Waals surface area contributed by atoms with Crippen molar-refractivity contribution in [2.75, 3.05) is 13.3 Å². The van der Waals surface area contributed by atoms with Crippen molar-refractivity contribution < 1.29 is 9.47 Å². The molecular weight excluding hydrogens is 248 g/mol. The number of rotatable bonds is 2. The molecule has 76 valence electrons. The molecule has 0 amide bonds. The second-order valence-electron chi connectivity index (χ2n) is 3.08. The van der Waals surface area contributed by atoms with Gasteiger partial charge in [0, 0.05) is 12.6 Å². The van der Waals surface area contributed by atoms with Crippen LogP contribution in [0.4, 0.5) is 0 Å². The van der Waals surface area contributed by atoms with Gasteiger partial charge in [-0.3, -0.25) is 0 Å². The van der Waals surface area contributed by atoms with E-state index in [9.17, 15) is 0 Å². The van der Waals surface area contributed by atoms with Crippen molar-refractivity contribution in [3.63, 3.8) is 0 Å². The van der Waals surface area contributed by atoms with Crippen molar-refractivity contribution in [3.8, 4) is 11.5 Å². The standard InChI is InChI=1S/C9H11BrN2O2/c10-6-1-5(7(12)3-11)2-8-9(6)14-4-13-8/h1-2,7H,3-4,11-12H2. The molecule has 1 aliphatic rings. The van der Waals surface area contributed by atoms with Gasteiger partial charge in [-0.2, -0.15) is 0 Å². The summed E-state index contributed by atoms with van der Waals surface area (Å²) in [5.41, 5.74) is 12.2. The molecule has 1 atom stereocenters. The molecule has 4 N–H and O–H groups in total. The third-order valence-electron chi connectivity index (χ3n) is 2.13. The zero-order valence-corrected chi connectivity index (χ0v) is 9.08. The lowest BCUT2D eigenvalue weighted by molar-refractivity contribution is 0.173. The van der Waals surface area contributed by atoms with E-state index >= 15 is 0 Å². The fourth-order valence-electron chi connectivity index (χ4n) is 1.34. The molecular formula is C9H11BrN2O2. The van der Waals surface area contributed by atoms with E-state index in [4.69, 9.17) is 20.9 Å². The van der Waals surface area contributed by atoms with Gasteiger partial charge in [0.2, 0.25) is 6.79 Å². The highest BCUT2D eigenvalue weighted by Gasteiger charge is 2.19. The Balaban J connectivity index is 2.41. The van der Waals surface area contributed by atoms with Gasteiger partial charge < -0.3 is 20.9 Å². The molecule has 0 radical (unpaired) electrons. The Morgan fingerprint density at radius 1 is 1.43 bits per heavy atom. The fraction of sp³-hybridized carbons (Fsp3) is 0.333.